The SMILES string of the molecule is CC[C@]12CNc3nnc(-c4ccccc4O)cc3N1C[C@H](Oc1ncc(C(=O)N3CCN(c4ccc5c(c4)C(=O)N([C@H]4CCC(=O)NC4=O)C5)CC3)cc1C)C2. The molecule has 5 aliphatic rings. The van der Waals surface area contributed by atoms with Gasteiger partial charge in [0.2, 0.25) is 17.7 Å². The van der Waals surface area contributed by atoms with Crippen LogP contribution in [0.3, 0.4) is 0 Å². The number of piperazine rings is 1. The molecule has 5 aliphatic heterocycles. The predicted octanol–water partition coefficient (Wildman–Crippen LogP) is 3.51. The van der Waals surface area contributed by atoms with Crippen LogP contribution in [-0.4, -0.2) is 111 Å². The zero-order valence-electron chi connectivity index (χ0n) is 31.3. The van der Waals surface area contributed by atoms with E-state index in [-0.39, 0.29) is 41.5 Å². The number of aryl methyl sites for hydroxylation is 1. The number of aromatic nitrogens is 3. The lowest BCUT2D eigenvalue weighted by atomic mass is 9.90. The van der Waals surface area contributed by atoms with Gasteiger partial charge in [-0.25, -0.2) is 4.98 Å². The highest BCUT2D eigenvalue weighted by atomic mass is 16.5. The Morgan fingerprint density at radius 3 is 2.61 bits per heavy atom. The van der Waals surface area contributed by atoms with Crippen LogP contribution in [0, 0.1) is 6.92 Å². The Hall–Kier alpha value is -6.25. The van der Waals surface area contributed by atoms with Crippen LogP contribution in [0.1, 0.15) is 64.4 Å². The number of piperidine rings is 1. The second kappa shape index (κ2) is 13.8. The van der Waals surface area contributed by atoms with Crippen LogP contribution in [0.5, 0.6) is 11.6 Å². The minimum absolute atomic E-state index is 0.0946. The summed E-state index contributed by atoms with van der Waals surface area (Å²) in [5.74, 6) is 0.323. The van der Waals surface area contributed by atoms with E-state index in [0.29, 0.717) is 86.3 Å². The van der Waals surface area contributed by atoms with Gasteiger partial charge in [0.25, 0.3) is 11.8 Å². The standard InChI is InChI=1S/C41H43N9O6/c1-3-41-19-28(22-50(41)33-18-31(45-46-36(33)43-23-41)29-6-4-5-7-34(29)51)56-38-24(2)16-26(20-42-38)39(54)48-14-12-47(13-15-48)27-9-8-25-21-49(40(55)30(25)17-27)32-10-11-35(52)44-37(32)53/h4-9,16-18,20,28,32,51H,3,10-15,19,21-23H2,1-2H3,(H,43,46)(H,44,52,53)/t28-,32+,41+/m1/s1. The van der Waals surface area contributed by atoms with Crippen molar-refractivity contribution in [2.24, 2.45) is 0 Å². The van der Waals surface area contributed by atoms with E-state index in [2.05, 4.69) is 42.5 Å². The number of amides is 4. The number of ether oxygens (including phenoxy) is 1. The predicted molar refractivity (Wildman–Crippen MR) is 207 cm³/mol. The van der Waals surface area contributed by atoms with Gasteiger partial charge in [0.15, 0.2) is 5.82 Å². The number of pyridine rings is 1. The quantitative estimate of drug-likeness (QED) is 0.235. The molecular weight excluding hydrogens is 715 g/mol. The summed E-state index contributed by atoms with van der Waals surface area (Å²) >= 11 is 0. The number of nitrogens with one attached hydrogen (secondary N) is 2. The van der Waals surface area contributed by atoms with Crippen molar-refractivity contribution in [3.05, 3.63) is 83.0 Å². The Morgan fingerprint density at radius 2 is 1.84 bits per heavy atom. The molecule has 15 nitrogen and oxygen atoms in total. The zero-order chi connectivity index (χ0) is 38.7. The molecule has 3 N–H and O–H groups in total. The van der Waals surface area contributed by atoms with E-state index in [0.717, 1.165) is 35.3 Å². The number of phenolic OH excluding ortho intramolecular Hbond substituents is 1. The molecule has 0 unspecified atom stereocenters. The second-order valence-electron chi connectivity index (χ2n) is 15.3. The first-order valence-corrected chi connectivity index (χ1v) is 19.2. The fourth-order valence-corrected chi connectivity index (χ4v) is 8.89. The van der Waals surface area contributed by atoms with Crippen molar-refractivity contribution in [2.45, 2.75) is 63.8 Å². The van der Waals surface area contributed by atoms with Gasteiger partial charge in [0.1, 0.15) is 17.9 Å². The van der Waals surface area contributed by atoms with Crippen molar-refractivity contribution in [1.29, 1.82) is 0 Å². The van der Waals surface area contributed by atoms with E-state index in [9.17, 15) is 24.3 Å². The molecule has 0 saturated carbocycles. The summed E-state index contributed by atoms with van der Waals surface area (Å²) in [6.07, 6.45) is 3.64. The topological polar surface area (TPSA) is 173 Å². The molecule has 3 saturated heterocycles. The van der Waals surface area contributed by atoms with Gasteiger partial charge < -0.3 is 34.8 Å². The molecule has 0 bridgehead atoms. The van der Waals surface area contributed by atoms with Gasteiger partial charge >= 0.3 is 0 Å². The molecule has 0 spiro atoms. The molecule has 4 amide bonds. The van der Waals surface area contributed by atoms with E-state index in [1.165, 1.54) is 0 Å². The monoisotopic (exact) mass is 757 g/mol. The molecule has 2 aromatic carbocycles. The Kier molecular flexibility index (Phi) is 8.74. The van der Waals surface area contributed by atoms with Gasteiger partial charge in [0, 0.05) is 80.7 Å². The highest BCUT2D eigenvalue weighted by Gasteiger charge is 2.49. The number of carbonyl (C=O) groups excluding carboxylic acids is 4. The summed E-state index contributed by atoms with van der Waals surface area (Å²) in [5, 5.41) is 25.2. The van der Waals surface area contributed by atoms with Gasteiger partial charge in [-0.3, -0.25) is 24.5 Å². The number of hydrogen-bond donors (Lipinski definition) is 3. The van der Waals surface area contributed by atoms with Crippen molar-refractivity contribution in [3.8, 4) is 22.9 Å². The number of hydrogen-bond acceptors (Lipinski definition) is 12. The maximum atomic E-state index is 13.7. The van der Waals surface area contributed by atoms with Gasteiger partial charge in [-0.05, 0) is 61.7 Å². The smallest absolute Gasteiger partial charge is 0.255 e. The van der Waals surface area contributed by atoms with Gasteiger partial charge in [-0.15, -0.1) is 10.2 Å². The molecule has 3 fully saturated rings. The molecule has 288 valence electrons. The summed E-state index contributed by atoms with van der Waals surface area (Å²) in [5.41, 5.74) is 5.55. The highest BCUT2D eigenvalue weighted by molar-refractivity contribution is 6.05. The van der Waals surface area contributed by atoms with Crippen LogP contribution >= 0.6 is 0 Å². The van der Waals surface area contributed by atoms with Gasteiger partial charge in [-0.2, -0.15) is 0 Å². The van der Waals surface area contributed by atoms with Crippen LogP contribution in [-0.2, 0) is 16.1 Å². The molecule has 3 atom stereocenters. The largest absolute Gasteiger partial charge is 0.507 e. The average Bonchev–Trinajstić information content (AvgIpc) is 3.75. The molecule has 0 radical (unpaired) electrons. The fraction of sp³-hybridized carbons (Fsp3) is 0.390. The Balaban J connectivity index is 0.833. The van der Waals surface area contributed by atoms with E-state index in [1.807, 2.05) is 54.3 Å². The van der Waals surface area contributed by atoms with Gasteiger partial charge in [0.05, 0.1) is 29.0 Å². The fourth-order valence-electron chi connectivity index (χ4n) is 8.89. The summed E-state index contributed by atoms with van der Waals surface area (Å²) < 4.78 is 6.56. The molecular formula is C41H43N9O6. The van der Waals surface area contributed by atoms with Gasteiger partial charge in [-0.1, -0.05) is 25.1 Å². The summed E-state index contributed by atoms with van der Waals surface area (Å²) in [6.45, 7) is 7.95. The molecule has 2 aromatic heterocycles. The van der Waals surface area contributed by atoms with Crippen molar-refractivity contribution in [1.82, 2.24) is 30.3 Å². The highest BCUT2D eigenvalue weighted by Crippen LogP contribution is 2.45. The first kappa shape index (κ1) is 35.5. The molecule has 4 aromatic rings. The second-order valence-corrected chi connectivity index (χ2v) is 15.3. The molecule has 15 heteroatoms. The number of imide groups is 1. The van der Waals surface area contributed by atoms with Crippen LogP contribution < -0.4 is 25.2 Å². The third kappa shape index (κ3) is 6.10. The van der Waals surface area contributed by atoms with Crippen molar-refractivity contribution in [3.63, 3.8) is 0 Å². The zero-order valence-corrected chi connectivity index (χ0v) is 31.3. The normalized spacial score (nSPS) is 23.0. The molecule has 9 rings (SSSR count). The molecule has 56 heavy (non-hydrogen) atoms. The summed E-state index contributed by atoms with van der Waals surface area (Å²) in [6, 6.07) is 16.1. The van der Waals surface area contributed by atoms with E-state index in [1.54, 1.807) is 23.2 Å². The Labute approximate surface area is 323 Å². The van der Waals surface area contributed by atoms with Crippen molar-refractivity contribution in [2.75, 3.05) is 54.4 Å². The van der Waals surface area contributed by atoms with Crippen molar-refractivity contribution >= 4 is 40.8 Å². The summed E-state index contributed by atoms with van der Waals surface area (Å²) in [7, 11) is 0. The lowest BCUT2D eigenvalue weighted by Gasteiger charge is -2.43. The van der Waals surface area contributed by atoms with E-state index >= 15 is 0 Å². The number of rotatable bonds is 7. The number of para-hydroxylation sites is 1. The average molecular weight is 758 g/mol. The molecule has 0 aliphatic carbocycles. The van der Waals surface area contributed by atoms with Crippen LogP contribution in [0.2, 0.25) is 0 Å². The van der Waals surface area contributed by atoms with Crippen LogP contribution in [0.25, 0.3) is 11.3 Å². The minimum Gasteiger partial charge on any atom is -0.507 e. The number of aromatic hydroxyl groups is 1. The minimum atomic E-state index is -0.652. The number of fused-ring (bicyclic) bond motifs is 4. The molecule has 7 heterocycles. The maximum Gasteiger partial charge on any atom is 0.255 e. The maximum absolute atomic E-state index is 13.7. The Bertz CT molecular complexity index is 2280. The number of phenols is 1. The van der Waals surface area contributed by atoms with E-state index in [4.69, 9.17) is 4.74 Å². The number of benzene rings is 2. The number of anilines is 3. The summed E-state index contributed by atoms with van der Waals surface area (Å²) in [4.78, 5) is 63.7. The lowest BCUT2D eigenvalue weighted by molar-refractivity contribution is -0.136. The first-order chi connectivity index (χ1) is 27.1. The first-order valence-electron chi connectivity index (χ1n) is 19.2. The van der Waals surface area contributed by atoms with Crippen LogP contribution in [0.15, 0.2) is 60.8 Å². The number of carbonyl (C=O) groups is 4. The third-order valence-electron chi connectivity index (χ3n) is 12.1. The Morgan fingerprint density at radius 1 is 1.02 bits per heavy atom. The van der Waals surface area contributed by atoms with Crippen molar-refractivity contribution < 1.29 is 29.0 Å². The number of nitrogens with zero attached hydrogens (tertiary/aromatic N) is 7. The lowest BCUT2D eigenvalue weighted by Crippen LogP contribution is -2.52. The van der Waals surface area contributed by atoms with Crippen LogP contribution in [0.4, 0.5) is 17.2 Å². The third-order valence-corrected chi connectivity index (χ3v) is 12.1. The van der Waals surface area contributed by atoms with E-state index < -0.39 is 11.9 Å².